The number of benzene rings is 2. The maximum Gasteiger partial charge on any atom is 0.291 e. The van der Waals surface area contributed by atoms with Crippen LogP contribution in [-0.2, 0) is 4.79 Å². The van der Waals surface area contributed by atoms with Gasteiger partial charge in [0.15, 0.2) is 5.76 Å². The second-order valence-corrected chi connectivity index (χ2v) is 6.33. The fraction of sp³-hybridized carbons (Fsp3) is 0.200. The summed E-state index contributed by atoms with van der Waals surface area (Å²) in [6.45, 7) is 3.99. The lowest BCUT2D eigenvalue weighted by atomic mass is 10.1. The molecule has 0 atom stereocenters. The van der Waals surface area contributed by atoms with Crippen LogP contribution in [0, 0.1) is 5.92 Å². The van der Waals surface area contributed by atoms with Crippen LogP contribution in [0.1, 0.15) is 30.8 Å². The van der Waals surface area contributed by atoms with Gasteiger partial charge < -0.3 is 15.1 Å². The van der Waals surface area contributed by atoms with E-state index < -0.39 is 0 Å². The van der Waals surface area contributed by atoms with Gasteiger partial charge in [0.05, 0.1) is 0 Å². The first-order chi connectivity index (χ1) is 12.0. The van der Waals surface area contributed by atoms with Crippen molar-refractivity contribution in [3.63, 3.8) is 0 Å². The molecule has 0 unspecified atom stereocenters. The van der Waals surface area contributed by atoms with Crippen LogP contribution in [0.4, 0.5) is 11.4 Å². The Bertz CT molecular complexity index is 862. The quantitative estimate of drug-likeness (QED) is 0.711. The molecule has 2 amide bonds. The van der Waals surface area contributed by atoms with Gasteiger partial charge in [0.1, 0.15) is 5.58 Å². The van der Waals surface area contributed by atoms with Gasteiger partial charge in [0.25, 0.3) is 5.91 Å². The molecule has 0 bridgehead atoms. The maximum absolute atomic E-state index is 12.3. The monoisotopic (exact) mass is 336 g/mol. The molecule has 5 nitrogen and oxygen atoms in total. The molecule has 5 heteroatoms. The highest BCUT2D eigenvalue weighted by Gasteiger charge is 2.12. The molecule has 2 aromatic carbocycles. The zero-order chi connectivity index (χ0) is 17.8. The summed E-state index contributed by atoms with van der Waals surface area (Å²) in [6.07, 6.45) is 0.477. The molecule has 1 heterocycles. The summed E-state index contributed by atoms with van der Waals surface area (Å²) in [7, 11) is 0. The van der Waals surface area contributed by atoms with Crippen molar-refractivity contribution < 1.29 is 14.0 Å². The van der Waals surface area contributed by atoms with Gasteiger partial charge in [-0.25, -0.2) is 0 Å². The lowest BCUT2D eigenvalue weighted by Gasteiger charge is -2.08. The number of fused-ring (bicyclic) bond motifs is 1. The van der Waals surface area contributed by atoms with Crippen molar-refractivity contribution in [2.24, 2.45) is 5.92 Å². The van der Waals surface area contributed by atoms with Crippen LogP contribution in [0.25, 0.3) is 11.0 Å². The van der Waals surface area contributed by atoms with Gasteiger partial charge in [-0.2, -0.15) is 0 Å². The van der Waals surface area contributed by atoms with Crippen LogP contribution in [0.15, 0.2) is 59.0 Å². The summed E-state index contributed by atoms with van der Waals surface area (Å²) in [5.41, 5.74) is 2.01. The molecule has 2 N–H and O–H groups in total. The lowest BCUT2D eigenvalue weighted by Crippen LogP contribution is -2.14. The van der Waals surface area contributed by atoms with E-state index in [9.17, 15) is 9.59 Å². The Morgan fingerprint density at radius 3 is 2.24 bits per heavy atom. The summed E-state index contributed by atoms with van der Waals surface area (Å²) in [5.74, 6) is 0.236. The molecule has 1 aromatic heterocycles. The molecule has 0 radical (unpaired) electrons. The number of anilines is 2. The van der Waals surface area contributed by atoms with E-state index in [0.29, 0.717) is 29.3 Å². The normalized spacial score (nSPS) is 10.8. The average Bonchev–Trinajstić information content (AvgIpc) is 3.00. The summed E-state index contributed by atoms with van der Waals surface area (Å²) < 4.78 is 5.55. The zero-order valence-corrected chi connectivity index (χ0v) is 14.2. The minimum Gasteiger partial charge on any atom is -0.451 e. The van der Waals surface area contributed by atoms with Gasteiger partial charge in [-0.15, -0.1) is 0 Å². The highest BCUT2D eigenvalue weighted by Crippen LogP contribution is 2.20. The van der Waals surface area contributed by atoms with Crippen LogP contribution >= 0.6 is 0 Å². The molecule has 0 aliphatic heterocycles. The molecule has 128 valence electrons. The number of hydrogen-bond donors (Lipinski definition) is 2. The Kier molecular flexibility index (Phi) is 4.84. The number of amides is 2. The Hall–Kier alpha value is -3.08. The Morgan fingerprint density at radius 2 is 1.60 bits per heavy atom. The Balaban J connectivity index is 1.64. The van der Waals surface area contributed by atoms with E-state index in [2.05, 4.69) is 10.6 Å². The highest BCUT2D eigenvalue weighted by atomic mass is 16.3. The smallest absolute Gasteiger partial charge is 0.291 e. The van der Waals surface area contributed by atoms with Gasteiger partial charge in [-0.1, -0.05) is 32.0 Å². The van der Waals surface area contributed by atoms with E-state index >= 15 is 0 Å². The molecule has 0 fully saturated rings. The first-order valence-corrected chi connectivity index (χ1v) is 8.21. The Labute approximate surface area is 146 Å². The molecule has 0 saturated carbocycles. The molecule has 25 heavy (non-hydrogen) atoms. The van der Waals surface area contributed by atoms with E-state index in [0.717, 1.165) is 5.39 Å². The summed E-state index contributed by atoms with van der Waals surface area (Å²) in [4.78, 5) is 24.1. The molecule has 3 rings (SSSR count). The minimum absolute atomic E-state index is 0.0194. The number of furan rings is 1. The maximum atomic E-state index is 12.3. The van der Waals surface area contributed by atoms with Crippen LogP contribution in [0.2, 0.25) is 0 Å². The average molecular weight is 336 g/mol. The largest absolute Gasteiger partial charge is 0.451 e. The second kappa shape index (κ2) is 7.21. The van der Waals surface area contributed by atoms with Crippen molar-refractivity contribution in [3.05, 3.63) is 60.4 Å². The first-order valence-electron chi connectivity index (χ1n) is 8.21. The van der Waals surface area contributed by atoms with E-state index in [-0.39, 0.29) is 17.6 Å². The molecule has 0 saturated heterocycles. The molecular weight excluding hydrogens is 316 g/mol. The van der Waals surface area contributed by atoms with Crippen molar-refractivity contribution in [2.45, 2.75) is 20.3 Å². The van der Waals surface area contributed by atoms with Crippen molar-refractivity contribution in [2.75, 3.05) is 10.6 Å². The van der Waals surface area contributed by atoms with Crippen molar-refractivity contribution in [3.8, 4) is 0 Å². The third-order valence-corrected chi connectivity index (χ3v) is 3.67. The molecule has 3 aromatic rings. The number of rotatable bonds is 5. The van der Waals surface area contributed by atoms with Crippen LogP contribution < -0.4 is 10.6 Å². The summed E-state index contributed by atoms with van der Waals surface area (Å²) in [6, 6.07) is 16.2. The number of para-hydroxylation sites is 1. The van der Waals surface area contributed by atoms with E-state index in [1.54, 1.807) is 30.3 Å². The summed E-state index contributed by atoms with van der Waals surface area (Å²) >= 11 is 0. The first kappa shape index (κ1) is 16.8. The molecular formula is C20H20N2O3. The number of carbonyl (C=O) groups is 2. The number of hydrogen-bond acceptors (Lipinski definition) is 3. The van der Waals surface area contributed by atoms with Crippen molar-refractivity contribution in [1.82, 2.24) is 0 Å². The fourth-order valence-electron chi connectivity index (χ4n) is 2.51. The predicted molar refractivity (Wildman–Crippen MR) is 98.7 cm³/mol. The molecule has 0 spiro atoms. The van der Waals surface area contributed by atoms with Gasteiger partial charge in [-0.05, 0) is 42.3 Å². The number of carbonyl (C=O) groups excluding carboxylic acids is 2. The van der Waals surface area contributed by atoms with Gasteiger partial charge in [-0.3, -0.25) is 9.59 Å². The molecule has 0 aliphatic rings. The third-order valence-electron chi connectivity index (χ3n) is 3.67. The van der Waals surface area contributed by atoms with E-state index in [1.165, 1.54) is 0 Å². The minimum atomic E-state index is -0.312. The second-order valence-electron chi connectivity index (χ2n) is 6.33. The van der Waals surface area contributed by atoms with Gasteiger partial charge in [0, 0.05) is 23.2 Å². The molecule has 0 aliphatic carbocycles. The van der Waals surface area contributed by atoms with Crippen molar-refractivity contribution >= 4 is 34.2 Å². The van der Waals surface area contributed by atoms with E-state index in [1.807, 2.05) is 38.1 Å². The standard InChI is InChI=1S/C20H20N2O3/c1-13(2)11-19(23)21-15-7-9-16(10-8-15)22-20(24)18-12-14-5-3-4-6-17(14)25-18/h3-10,12-13H,11H2,1-2H3,(H,21,23)(H,22,24). The van der Waals surface area contributed by atoms with E-state index in [4.69, 9.17) is 4.42 Å². The van der Waals surface area contributed by atoms with Gasteiger partial charge in [0.2, 0.25) is 5.91 Å². The van der Waals surface area contributed by atoms with Crippen LogP contribution in [-0.4, -0.2) is 11.8 Å². The Morgan fingerprint density at radius 1 is 0.960 bits per heavy atom. The van der Waals surface area contributed by atoms with Crippen molar-refractivity contribution in [1.29, 1.82) is 0 Å². The predicted octanol–water partition coefficient (Wildman–Crippen LogP) is 4.67. The lowest BCUT2D eigenvalue weighted by molar-refractivity contribution is -0.116. The number of nitrogens with one attached hydrogen (secondary N) is 2. The van der Waals surface area contributed by atoms with Crippen LogP contribution in [0.3, 0.4) is 0 Å². The highest BCUT2D eigenvalue weighted by molar-refractivity contribution is 6.04. The zero-order valence-electron chi connectivity index (χ0n) is 14.2. The third kappa shape index (κ3) is 4.26. The topological polar surface area (TPSA) is 71.3 Å². The fourth-order valence-corrected chi connectivity index (χ4v) is 2.51. The summed E-state index contributed by atoms with van der Waals surface area (Å²) in [5, 5.41) is 6.50. The van der Waals surface area contributed by atoms with Gasteiger partial charge >= 0.3 is 0 Å². The van der Waals surface area contributed by atoms with Crippen LogP contribution in [0.5, 0.6) is 0 Å². The SMILES string of the molecule is CC(C)CC(=O)Nc1ccc(NC(=O)c2cc3ccccc3o2)cc1.